The molecule has 0 aromatic heterocycles. The molecule has 0 radical (unpaired) electrons. The number of rotatable bonds is 2. The molecule has 0 aliphatic carbocycles. The van der Waals surface area contributed by atoms with Gasteiger partial charge in [-0.3, -0.25) is 0 Å². The summed E-state index contributed by atoms with van der Waals surface area (Å²) in [5, 5.41) is 8.98. The molecule has 1 atom stereocenters. The molecule has 16 heavy (non-hydrogen) atoms. The van der Waals surface area contributed by atoms with Gasteiger partial charge < -0.3 is 14.6 Å². The van der Waals surface area contributed by atoms with Crippen LogP contribution in [0.1, 0.15) is 30.0 Å². The summed E-state index contributed by atoms with van der Waals surface area (Å²) in [7, 11) is 0. The summed E-state index contributed by atoms with van der Waals surface area (Å²) in [6.07, 6.45) is 0.500. The van der Waals surface area contributed by atoms with Gasteiger partial charge >= 0.3 is 0 Å². The Balaban J connectivity index is 2.18. The first kappa shape index (κ1) is 11.6. The summed E-state index contributed by atoms with van der Waals surface area (Å²) in [5.41, 5.74) is 3.59. The molecule has 1 aromatic carbocycles. The molecule has 0 fully saturated rings. The van der Waals surface area contributed by atoms with Gasteiger partial charge in [-0.25, -0.2) is 0 Å². The highest BCUT2D eigenvalue weighted by Crippen LogP contribution is 2.27. The SMILES string of the molecule is Cc1ccc2c(c1)COC(C)(CCO)OC2. The maximum absolute atomic E-state index is 8.98. The summed E-state index contributed by atoms with van der Waals surface area (Å²) in [6, 6.07) is 6.29. The lowest BCUT2D eigenvalue weighted by atomic mass is 10.1. The Hall–Kier alpha value is -0.900. The molecule has 0 saturated carbocycles. The minimum absolute atomic E-state index is 0.0753. The van der Waals surface area contributed by atoms with E-state index >= 15 is 0 Å². The normalized spacial score (nSPS) is 24.9. The van der Waals surface area contributed by atoms with Crippen molar-refractivity contribution in [3.05, 3.63) is 34.9 Å². The predicted molar refractivity (Wildman–Crippen MR) is 60.9 cm³/mol. The number of fused-ring (bicyclic) bond motifs is 1. The lowest BCUT2D eigenvalue weighted by Gasteiger charge is -2.27. The Labute approximate surface area is 96.0 Å². The minimum atomic E-state index is -0.665. The van der Waals surface area contributed by atoms with Crippen molar-refractivity contribution in [3.63, 3.8) is 0 Å². The van der Waals surface area contributed by atoms with Gasteiger partial charge in [0.2, 0.25) is 0 Å². The summed E-state index contributed by atoms with van der Waals surface area (Å²) >= 11 is 0. The molecule has 1 aliphatic heterocycles. The topological polar surface area (TPSA) is 38.7 Å². The molecule has 1 heterocycles. The standard InChI is InChI=1S/C13H18O3/c1-10-3-4-11-8-15-13(2,5-6-14)16-9-12(11)7-10/h3-4,7,14H,5-6,8-9H2,1-2H3. The Bertz CT molecular complexity index is 375. The van der Waals surface area contributed by atoms with Gasteiger partial charge in [-0.1, -0.05) is 23.8 Å². The van der Waals surface area contributed by atoms with Crippen molar-refractivity contribution in [2.24, 2.45) is 0 Å². The number of aryl methyl sites for hydroxylation is 1. The van der Waals surface area contributed by atoms with E-state index in [-0.39, 0.29) is 6.61 Å². The Morgan fingerprint density at radius 3 is 2.62 bits per heavy atom. The minimum Gasteiger partial charge on any atom is -0.396 e. The molecule has 1 unspecified atom stereocenters. The van der Waals surface area contributed by atoms with E-state index in [1.165, 1.54) is 16.7 Å². The van der Waals surface area contributed by atoms with Gasteiger partial charge in [-0.05, 0) is 25.0 Å². The van der Waals surface area contributed by atoms with E-state index in [1.54, 1.807) is 0 Å². The second kappa shape index (κ2) is 4.53. The Morgan fingerprint density at radius 2 is 1.94 bits per heavy atom. The van der Waals surface area contributed by atoms with E-state index in [4.69, 9.17) is 14.6 Å². The summed E-state index contributed by atoms with van der Waals surface area (Å²) in [6.45, 7) is 5.12. The highest BCUT2D eigenvalue weighted by molar-refractivity contribution is 5.31. The van der Waals surface area contributed by atoms with Crippen LogP contribution in [0.5, 0.6) is 0 Å². The van der Waals surface area contributed by atoms with E-state index in [1.807, 2.05) is 6.92 Å². The third-order valence-corrected chi connectivity index (χ3v) is 2.99. The summed E-state index contributed by atoms with van der Waals surface area (Å²) in [5.74, 6) is -0.665. The number of hydrogen-bond acceptors (Lipinski definition) is 3. The zero-order valence-corrected chi connectivity index (χ0v) is 9.82. The van der Waals surface area contributed by atoms with Crippen LogP contribution in [0.3, 0.4) is 0 Å². The number of aliphatic hydroxyl groups excluding tert-OH is 1. The Kier molecular flexibility index (Phi) is 3.28. The van der Waals surface area contributed by atoms with Crippen molar-refractivity contribution >= 4 is 0 Å². The van der Waals surface area contributed by atoms with Crippen LogP contribution < -0.4 is 0 Å². The highest BCUT2D eigenvalue weighted by Gasteiger charge is 2.28. The predicted octanol–water partition coefficient (Wildman–Crippen LogP) is 2.14. The molecule has 3 heteroatoms. The number of aliphatic hydroxyl groups is 1. The first-order valence-corrected chi connectivity index (χ1v) is 5.60. The van der Waals surface area contributed by atoms with Crippen LogP contribution in [0.15, 0.2) is 18.2 Å². The van der Waals surface area contributed by atoms with Gasteiger partial charge in [-0.2, -0.15) is 0 Å². The molecule has 0 spiro atoms. The zero-order chi connectivity index (χ0) is 11.6. The van der Waals surface area contributed by atoms with Crippen LogP contribution in [-0.2, 0) is 22.7 Å². The van der Waals surface area contributed by atoms with Crippen molar-refractivity contribution in [1.82, 2.24) is 0 Å². The smallest absolute Gasteiger partial charge is 0.168 e. The van der Waals surface area contributed by atoms with Gasteiger partial charge in [0.1, 0.15) is 0 Å². The number of hydrogen-bond donors (Lipinski definition) is 1. The van der Waals surface area contributed by atoms with Crippen LogP contribution >= 0.6 is 0 Å². The van der Waals surface area contributed by atoms with Crippen LogP contribution in [0.4, 0.5) is 0 Å². The maximum atomic E-state index is 8.98. The summed E-state index contributed by atoms with van der Waals surface area (Å²) < 4.78 is 11.4. The fourth-order valence-corrected chi connectivity index (χ4v) is 1.88. The molecule has 1 aromatic rings. The summed E-state index contributed by atoms with van der Waals surface area (Å²) in [4.78, 5) is 0. The first-order valence-electron chi connectivity index (χ1n) is 5.60. The third-order valence-electron chi connectivity index (χ3n) is 2.99. The second-order valence-corrected chi connectivity index (χ2v) is 4.46. The average Bonchev–Trinajstić information content (AvgIpc) is 2.40. The van der Waals surface area contributed by atoms with Crippen LogP contribution in [-0.4, -0.2) is 17.5 Å². The quantitative estimate of drug-likeness (QED) is 0.833. The van der Waals surface area contributed by atoms with Gasteiger partial charge in [-0.15, -0.1) is 0 Å². The maximum Gasteiger partial charge on any atom is 0.168 e. The van der Waals surface area contributed by atoms with Crippen LogP contribution in [0.25, 0.3) is 0 Å². The average molecular weight is 222 g/mol. The monoisotopic (exact) mass is 222 g/mol. The highest BCUT2D eigenvalue weighted by atomic mass is 16.7. The van der Waals surface area contributed by atoms with E-state index in [2.05, 4.69) is 25.1 Å². The fraction of sp³-hybridized carbons (Fsp3) is 0.538. The van der Waals surface area contributed by atoms with E-state index in [0.29, 0.717) is 19.6 Å². The van der Waals surface area contributed by atoms with Crippen LogP contribution in [0.2, 0.25) is 0 Å². The molecule has 0 amide bonds. The number of ether oxygens (including phenoxy) is 2. The fourth-order valence-electron chi connectivity index (χ4n) is 1.88. The zero-order valence-electron chi connectivity index (χ0n) is 9.82. The van der Waals surface area contributed by atoms with Crippen molar-refractivity contribution in [3.8, 4) is 0 Å². The van der Waals surface area contributed by atoms with Crippen molar-refractivity contribution in [1.29, 1.82) is 0 Å². The van der Waals surface area contributed by atoms with Crippen molar-refractivity contribution < 1.29 is 14.6 Å². The van der Waals surface area contributed by atoms with Gasteiger partial charge in [0.05, 0.1) is 13.2 Å². The Morgan fingerprint density at radius 1 is 1.25 bits per heavy atom. The van der Waals surface area contributed by atoms with Crippen molar-refractivity contribution in [2.75, 3.05) is 6.61 Å². The number of benzene rings is 1. The molecule has 0 saturated heterocycles. The third kappa shape index (κ3) is 2.43. The molecule has 88 valence electrons. The van der Waals surface area contributed by atoms with Crippen molar-refractivity contribution in [2.45, 2.75) is 39.3 Å². The first-order chi connectivity index (χ1) is 7.63. The largest absolute Gasteiger partial charge is 0.396 e. The van der Waals surface area contributed by atoms with E-state index in [0.717, 1.165) is 0 Å². The lowest BCUT2D eigenvalue weighted by molar-refractivity contribution is -0.238. The van der Waals surface area contributed by atoms with Gasteiger partial charge in [0, 0.05) is 13.0 Å². The van der Waals surface area contributed by atoms with Gasteiger partial charge in [0.15, 0.2) is 5.79 Å². The molecule has 2 rings (SSSR count). The molecule has 3 nitrogen and oxygen atoms in total. The molecular weight excluding hydrogens is 204 g/mol. The molecule has 1 aliphatic rings. The van der Waals surface area contributed by atoms with E-state index in [9.17, 15) is 0 Å². The van der Waals surface area contributed by atoms with Crippen LogP contribution in [0, 0.1) is 6.92 Å². The molecule has 0 bridgehead atoms. The molecule has 1 N–H and O–H groups in total. The molecular formula is C13H18O3. The lowest BCUT2D eigenvalue weighted by Crippen LogP contribution is -2.31. The van der Waals surface area contributed by atoms with E-state index < -0.39 is 5.79 Å². The second-order valence-electron chi connectivity index (χ2n) is 4.46. The van der Waals surface area contributed by atoms with Gasteiger partial charge in [0.25, 0.3) is 0 Å².